The number of hydrogen-bond donors (Lipinski definition) is 1. The normalized spacial score (nSPS) is 41.4. The molecule has 4 rings (SSSR count). The molecule has 0 bridgehead atoms. The highest BCUT2D eigenvalue weighted by molar-refractivity contribution is 5.88. The van der Waals surface area contributed by atoms with E-state index in [4.69, 9.17) is 9.47 Å². The van der Waals surface area contributed by atoms with Gasteiger partial charge in [0.2, 0.25) is 0 Å². The van der Waals surface area contributed by atoms with Gasteiger partial charge >= 0.3 is 11.9 Å². The Morgan fingerprint density at radius 2 is 1.89 bits per heavy atom. The van der Waals surface area contributed by atoms with Crippen LogP contribution in [-0.4, -0.2) is 35.9 Å². The Kier molecular flexibility index (Phi) is 7.07. The van der Waals surface area contributed by atoms with Crippen LogP contribution in [0.15, 0.2) is 23.3 Å². The topological polar surface area (TPSA) is 72.8 Å². The molecule has 0 unspecified atom stereocenters. The molecule has 0 aromatic heterocycles. The molecule has 202 valence electrons. The number of fused-ring (bicyclic) bond motifs is 3. The molecule has 3 aliphatic carbocycles. The summed E-state index contributed by atoms with van der Waals surface area (Å²) in [5.41, 5.74) is 1.37. The first kappa shape index (κ1) is 27.4. The van der Waals surface area contributed by atoms with E-state index in [9.17, 15) is 14.7 Å². The van der Waals surface area contributed by atoms with Crippen molar-refractivity contribution in [3.05, 3.63) is 23.3 Å². The van der Waals surface area contributed by atoms with Crippen molar-refractivity contribution in [2.45, 2.75) is 112 Å². The van der Waals surface area contributed by atoms with E-state index in [0.717, 1.165) is 44.1 Å². The lowest BCUT2D eigenvalue weighted by atomic mass is 9.44. The van der Waals surface area contributed by atoms with Crippen LogP contribution in [0.2, 0.25) is 0 Å². The molecule has 1 heterocycles. The Bertz CT molecular complexity index is 957. The van der Waals surface area contributed by atoms with Gasteiger partial charge in [0, 0.05) is 18.4 Å². The lowest BCUT2D eigenvalue weighted by molar-refractivity contribution is -0.151. The third-order valence-corrected chi connectivity index (χ3v) is 11.5. The number of ether oxygens (including phenoxy) is 2. The molecule has 5 nitrogen and oxygen atoms in total. The van der Waals surface area contributed by atoms with Crippen LogP contribution in [0.5, 0.6) is 0 Å². The second kappa shape index (κ2) is 9.29. The van der Waals surface area contributed by atoms with E-state index in [-0.39, 0.29) is 40.2 Å². The molecule has 0 radical (unpaired) electrons. The van der Waals surface area contributed by atoms with Gasteiger partial charge in [-0.25, -0.2) is 4.79 Å². The fraction of sp³-hybridized carbons (Fsp3) is 0.806. The number of esters is 2. The van der Waals surface area contributed by atoms with Gasteiger partial charge in [-0.2, -0.15) is 0 Å². The van der Waals surface area contributed by atoms with E-state index in [1.54, 1.807) is 0 Å². The summed E-state index contributed by atoms with van der Waals surface area (Å²) in [5.74, 6) is 0.975. The first-order valence-corrected chi connectivity index (χ1v) is 14.1. The average molecular weight is 501 g/mol. The molecule has 0 spiro atoms. The Morgan fingerprint density at radius 1 is 1.19 bits per heavy atom. The SMILES string of the molecule is COC(=O)CC[C@]1(C)C2=CC[C@]3(C)[C@@H]([C@H](C)[C@H]4CC=C(C)C(=O)O4)CC[C@@]3(C)[C@@H]2CC[C@H]1C(C)(C)O. The summed E-state index contributed by atoms with van der Waals surface area (Å²) >= 11 is 0. The van der Waals surface area contributed by atoms with Crippen molar-refractivity contribution in [2.24, 2.45) is 39.9 Å². The van der Waals surface area contributed by atoms with E-state index >= 15 is 0 Å². The minimum Gasteiger partial charge on any atom is -0.469 e. The molecule has 2 fully saturated rings. The van der Waals surface area contributed by atoms with Gasteiger partial charge in [-0.15, -0.1) is 0 Å². The molecule has 0 amide bonds. The number of cyclic esters (lactones) is 1. The third kappa shape index (κ3) is 4.18. The molecule has 4 aliphatic rings. The standard InChI is InChI=1S/C31H48O5/c1-19-9-11-24(36-27(19)33)20(2)21-13-17-31(7)23-10-12-25(28(3,4)34)29(5,16-15-26(32)35-8)22(23)14-18-30(21,31)6/h9,14,20-21,23-25,34H,10-13,15-18H2,1-8H3/t20-,21+,23+,24+,25-,29+,30+,31-/m0/s1. The molecule has 8 atom stereocenters. The smallest absolute Gasteiger partial charge is 0.333 e. The maximum Gasteiger partial charge on any atom is 0.333 e. The fourth-order valence-corrected chi connectivity index (χ4v) is 9.20. The summed E-state index contributed by atoms with van der Waals surface area (Å²) < 4.78 is 10.9. The van der Waals surface area contributed by atoms with Crippen LogP contribution in [0.4, 0.5) is 0 Å². The van der Waals surface area contributed by atoms with Crippen LogP contribution in [0.1, 0.15) is 99.8 Å². The number of rotatable bonds is 6. The molecule has 0 aromatic rings. The van der Waals surface area contributed by atoms with Crippen LogP contribution in [0.25, 0.3) is 0 Å². The molecule has 0 saturated heterocycles. The molecule has 36 heavy (non-hydrogen) atoms. The van der Waals surface area contributed by atoms with Crippen molar-refractivity contribution in [3.63, 3.8) is 0 Å². The summed E-state index contributed by atoms with van der Waals surface area (Å²) in [7, 11) is 1.45. The second-order valence-electron chi connectivity index (χ2n) is 13.6. The quantitative estimate of drug-likeness (QED) is 0.338. The zero-order valence-corrected chi connectivity index (χ0v) is 23.8. The van der Waals surface area contributed by atoms with E-state index in [1.165, 1.54) is 12.7 Å². The van der Waals surface area contributed by atoms with Gasteiger partial charge in [0.05, 0.1) is 12.7 Å². The van der Waals surface area contributed by atoms with Crippen LogP contribution in [0.3, 0.4) is 0 Å². The number of aliphatic hydroxyl groups is 1. The van der Waals surface area contributed by atoms with Crippen LogP contribution in [-0.2, 0) is 19.1 Å². The Balaban J connectivity index is 1.67. The van der Waals surface area contributed by atoms with Crippen molar-refractivity contribution in [1.82, 2.24) is 0 Å². The van der Waals surface area contributed by atoms with Gasteiger partial charge in [0.1, 0.15) is 6.10 Å². The minimum atomic E-state index is -0.818. The van der Waals surface area contributed by atoms with Crippen LogP contribution in [0, 0.1) is 39.9 Å². The number of carbonyl (C=O) groups is 2. The van der Waals surface area contributed by atoms with Crippen molar-refractivity contribution in [3.8, 4) is 0 Å². The monoisotopic (exact) mass is 500 g/mol. The van der Waals surface area contributed by atoms with Crippen LogP contribution >= 0.6 is 0 Å². The minimum absolute atomic E-state index is 0.0491. The summed E-state index contributed by atoms with van der Waals surface area (Å²) in [6.45, 7) is 15.3. The Labute approximate surface area is 218 Å². The number of allylic oxidation sites excluding steroid dienone is 2. The van der Waals surface area contributed by atoms with Crippen molar-refractivity contribution < 1.29 is 24.2 Å². The van der Waals surface area contributed by atoms with E-state index in [2.05, 4.69) is 33.8 Å². The van der Waals surface area contributed by atoms with Gasteiger partial charge in [-0.3, -0.25) is 4.79 Å². The second-order valence-corrected chi connectivity index (χ2v) is 13.6. The summed E-state index contributed by atoms with van der Waals surface area (Å²) in [5, 5.41) is 11.2. The highest BCUT2D eigenvalue weighted by atomic mass is 16.5. The average Bonchev–Trinajstić information content (AvgIpc) is 3.09. The largest absolute Gasteiger partial charge is 0.469 e. The molecular weight excluding hydrogens is 452 g/mol. The highest BCUT2D eigenvalue weighted by Crippen LogP contribution is 2.71. The first-order valence-electron chi connectivity index (χ1n) is 14.1. The van der Waals surface area contributed by atoms with Crippen LogP contribution < -0.4 is 0 Å². The van der Waals surface area contributed by atoms with E-state index in [1.807, 2.05) is 26.8 Å². The summed E-state index contributed by atoms with van der Waals surface area (Å²) in [4.78, 5) is 24.5. The van der Waals surface area contributed by atoms with Crippen molar-refractivity contribution >= 4 is 11.9 Å². The maximum atomic E-state index is 12.3. The predicted molar refractivity (Wildman–Crippen MR) is 141 cm³/mol. The van der Waals surface area contributed by atoms with E-state index < -0.39 is 5.60 Å². The molecule has 5 heteroatoms. The van der Waals surface area contributed by atoms with Gasteiger partial charge in [-0.05, 0) is 99.2 Å². The number of carbonyl (C=O) groups excluding carboxylic acids is 2. The van der Waals surface area contributed by atoms with Crippen molar-refractivity contribution in [1.29, 1.82) is 0 Å². The third-order valence-electron chi connectivity index (χ3n) is 11.5. The molecule has 2 saturated carbocycles. The van der Waals surface area contributed by atoms with Crippen molar-refractivity contribution in [2.75, 3.05) is 7.11 Å². The van der Waals surface area contributed by atoms with Gasteiger partial charge in [0.25, 0.3) is 0 Å². The van der Waals surface area contributed by atoms with E-state index in [0.29, 0.717) is 30.6 Å². The molecule has 1 N–H and O–H groups in total. The predicted octanol–water partition coefficient (Wildman–Crippen LogP) is 6.39. The van der Waals surface area contributed by atoms with Gasteiger partial charge in [-0.1, -0.05) is 45.4 Å². The maximum absolute atomic E-state index is 12.3. The number of hydrogen-bond acceptors (Lipinski definition) is 5. The highest BCUT2D eigenvalue weighted by Gasteiger charge is 2.64. The first-order chi connectivity index (χ1) is 16.7. The van der Waals surface area contributed by atoms with Gasteiger partial charge < -0.3 is 14.6 Å². The zero-order chi connectivity index (χ0) is 26.7. The zero-order valence-electron chi connectivity index (χ0n) is 23.8. The molecule has 0 aromatic carbocycles. The summed E-state index contributed by atoms with van der Waals surface area (Å²) in [6, 6.07) is 0. The lowest BCUT2D eigenvalue weighted by Gasteiger charge is -2.61. The lowest BCUT2D eigenvalue weighted by Crippen LogP contribution is -2.55. The Hall–Kier alpha value is -1.62. The van der Waals surface area contributed by atoms with Gasteiger partial charge in [0.15, 0.2) is 0 Å². The molecular formula is C31H48O5. The fourth-order valence-electron chi connectivity index (χ4n) is 9.20. The summed E-state index contributed by atoms with van der Waals surface area (Å²) in [6.07, 6.45) is 11.7. The Morgan fingerprint density at radius 3 is 2.50 bits per heavy atom. The number of methoxy groups -OCH3 is 1. The molecule has 1 aliphatic heterocycles.